The number of hydrogen-bond acceptors (Lipinski definition) is 3. The number of rotatable bonds is 4. The number of benzene rings is 1. The minimum absolute atomic E-state index is 0.592. The van der Waals surface area contributed by atoms with Gasteiger partial charge in [0.2, 0.25) is 0 Å². The van der Waals surface area contributed by atoms with E-state index < -0.39 is 47.8 Å². The van der Waals surface area contributed by atoms with Crippen LogP contribution >= 0.6 is 0 Å². The van der Waals surface area contributed by atoms with Gasteiger partial charge in [-0.05, 0) is 12.1 Å². The molecule has 104 valence electrons. The van der Waals surface area contributed by atoms with Crippen LogP contribution in [0.25, 0.3) is 0 Å². The maximum Gasteiger partial charge on any atom is 0.328 e. The van der Waals surface area contributed by atoms with Gasteiger partial charge in [0.15, 0.2) is 23.5 Å². The number of urea groups is 1. The molecule has 0 aliphatic rings. The van der Waals surface area contributed by atoms with Crippen molar-refractivity contribution in [1.29, 1.82) is 0 Å². The number of nitrogens with one attached hydrogen (secondary N) is 2. The van der Waals surface area contributed by atoms with E-state index in [1.54, 1.807) is 10.6 Å². The number of halogens is 3. The molecular weight excluding hydrogens is 269 g/mol. The Kier molecular flexibility index (Phi) is 4.70. The number of carboxylic acid groups (broad SMARTS) is 1. The number of hydrogen-bond donors (Lipinski definition) is 4. The summed E-state index contributed by atoms with van der Waals surface area (Å²) < 4.78 is 38.6. The summed E-state index contributed by atoms with van der Waals surface area (Å²) in [6.07, 6.45) is 0. The van der Waals surface area contributed by atoms with E-state index in [0.29, 0.717) is 6.07 Å². The summed E-state index contributed by atoms with van der Waals surface area (Å²) in [5.74, 6) is -6.33. The third kappa shape index (κ3) is 3.58. The number of aliphatic carboxylic acids is 1. The van der Waals surface area contributed by atoms with Crippen molar-refractivity contribution in [2.75, 3.05) is 11.9 Å². The van der Waals surface area contributed by atoms with Crippen molar-refractivity contribution in [2.45, 2.75) is 6.04 Å². The Hall–Kier alpha value is -2.29. The average Bonchev–Trinajstić information content (AvgIpc) is 2.36. The van der Waals surface area contributed by atoms with Gasteiger partial charge >= 0.3 is 12.0 Å². The summed E-state index contributed by atoms with van der Waals surface area (Å²) in [6.45, 7) is -0.886. The van der Waals surface area contributed by atoms with Crippen LogP contribution in [0.15, 0.2) is 12.1 Å². The molecule has 0 saturated heterocycles. The molecule has 1 aromatic rings. The summed E-state index contributed by atoms with van der Waals surface area (Å²) in [7, 11) is 0. The fourth-order valence-corrected chi connectivity index (χ4v) is 1.12. The highest BCUT2D eigenvalue weighted by atomic mass is 19.2. The Morgan fingerprint density at radius 2 is 1.84 bits per heavy atom. The van der Waals surface area contributed by atoms with E-state index in [0.717, 1.165) is 6.07 Å². The summed E-state index contributed by atoms with van der Waals surface area (Å²) >= 11 is 0. The standard InChI is InChI=1S/C10H9F3N2O4/c11-4-1-2-5(8(13)7(4)12)14-10(19)15-6(3-16)9(17)18/h1-2,6,16H,3H2,(H,17,18)(H2,14,15,19). The fraction of sp³-hybridized carbons (Fsp3) is 0.200. The number of aliphatic hydroxyl groups is 1. The molecule has 1 rings (SSSR count). The normalized spacial score (nSPS) is 11.8. The molecule has 4 N–H and O–H groups in total. The Morgan fingerprint density at radius 3 is 2.37 bits per heavy atom. The van der Waals surface area contributed by atoms with Gasteiger partial charge in [0.05, 0.1) is 12.3 Å². The van der Waals surface area contributed by atoms with Gasteiger partial charge < -0.3 is 20.8 Å². The first-order chi connectivity index (χ1) is 8.86. The van der Waals surface area contributed by atoms with Gasteiger partial charge in [-0.3, -0.25) is 0 Å². The van der Waals surface area contributed by atoms with Crippen LogP contribution in [-0.2, 0) is 4.79 Å². The van der Waals surface area contributed by atoms with Crippen molar-refractivity contribution in [2.24, 2.45) is 0 Å². The number of aliphatic hydroxyl groups excluding tert-OH is 1. The first kappa shape index (κ1) is 14.8. The molecule has 0 aliphatic carbocycles. The molecule has 19 heavy (non-hydrogen) atoms. The molecule has 1 unspecified atom stereocenters. The zero-order valence-corrected chi connectivity index (χ0v) is 9.28. The van der Waals surface area contributed by atoms with Crippen molar-refractivity contribution in [1.82, 2.24) is 5.32 Å². The summed E-state index contributed by atoms with van der Waals surface area (Å²) in [6, 6.07) is -1.43. The molecule has 0 aliphatic heterocycles. The van der Waals surface area contributed by atoms with E-state index in [4.69, 9.17) is 10.2 Å². The minimum Gasteiger partial charge on any atom is -0.480 e. The molecule has 1 aromatic carbocycles. The lowest BCUT2D eigenvalue weighted by Gasteiger charge is -2.13. The van der Waals surface area contributed by atoms with Crippen LogP contribution < -0.4 is 10.6 Å². The Bertz CT molecular complexity index is 510. The van der Waals surface area contributed by atoms with Crippen LogP contribution in [0.1, 0.15) is 0 Å². The van der Waals surface area contributed by atoms with Gasteiger partial charge in [-0.25, -0.2) is 22.8 Å². The smallest absolute Gasteiger partial charge is 0.328 e. The first-order valence-electron chi connectivity index (χ1n) is 4.91. The monoisotopic (exact) mass is 278 g/mol. The van der Waals surface area contributed by atoms with E-state index in [1.165, 1.54) is 0 Å². The second-order valence-electron chi connectivity index (χ2n) is 3.39. The van der Waals surface area contributed by atoms with Crippen molar-refractivity contribution in [3.05, 3.63) is 29.6 Å². The Morgan fingerprint density at radius 1 is 1.21 bits per heavy atom. The van der Waals surface area contributed by atoms with Gasteiger partial charge in [-0.15, -0.1) is 0 Å². The van der Waals surface area contributed by atoms with Crippen LogP contribution in [0.4, 0.5) is 23.7 Å². The molecule has 2 amide bonds. The highest BCUT2D eigenvalue weighted by Gasteiger charge is 2.20. The van der Waals surface area contributed by atoms with E-state index in [9.17, 15) is 22.8 Å². The molecule has 0 radical (unpaired) electrons. The van der Waals surface area contributed by atoms with Gasteiger partial charge in [0.1, 0.15) is 0 Å². The molecule has 1 atom stereocenters. The van der Waals surface area contributed by atoms with Crippen LogP contribution in [0.5, 0.6) is 0 Å². The molecular formula is C10H9F3N2O4. The molecule has 0 fully saturated rings. The second kappa shape index (κ2) is 6.05. The van der Waals surface area contributed by atoms with Gasteiger partial charge in [0, 0.05) is 0 Å². The number of carbonyl (C=O) groups excluding carboxylic acids is 1. The molecule has 0 spiro atoms. The molecule has 6 nitrogen and oxygen atoms in total. The topological polar surface area (TPSA) is 98.7 Å². The predicted octanol–water partition coefficient (Wildman–Crippen LogP) is 0.671. The number of anilines is 1. The zero-order chi connectivity index (χ0) is 14.6. The maximum absolute atomic E-state index is 13.2. The second-order valence-corrected chi connectivity index (χ2v) is 3.39. The summed E-state index contributed by atoms with van der Waals surface area (Å²) in [5.41, 5.74) is -0.668. The SMILES string of the molecule is O=C(Nc1ccc(F)c(F)c1F)NC(CO)C(=O)O. The lowest BCUT2D eigenvalue weighted by atomic mass is 10.3. The Balaban J connectivity index is 2.78. The summed E-state index contributed by atoms with van der Waals surface area (Å²) in [5, 5.41) is 20.8. The van der Waals surface area contributed by atoms with Gasteiger partial charge in [-0.1, -0.05) is 0 Å². The molecule has 0 heterocycles. The fourth-order valence-electron chi connectivity index (χ4n) is 1.12. The third-order valence-corrected chi connectivity index (χ3v) is 2.07. The van der Waals surface area contributed by atoms with E-state index in [1.807, 2.05) is 0 Å². The lowest BCUT2D eigenvalue weighted by molar-refractivity contribution is -0.140. The van der Waals surface area contributed by atoms with Crippen molar-refractivity contribution in [3.8, 4) is 0 Å². The van der Waals surface area contributed by atoms with Crippen LogP contribution in [-0.4, -0.2) is 34.9 Å². The zero-order valence-electron chi connectivity index (χ0n) is 9.28. The first-order valence-corrected chi connectivity index (χ1v) is 4.91. The third-order valence-electron chi connectivity index (χ3n) is 2.07. The van der Waals surface area contributed by atoms with E-state index >= 15 is 0 Å². The van der Waals surface area contributed by atoms with Crippen molar-refractivity contribution in [3.63, 3.8) is 0 Å². The average molecular weight is 278 g/mol. The van der Waals surface area contributed by atoms with Gasteiger partial charge in [-0.2, -0.15) is 0 Å². The van der Waals surface area contributed by atoms with E-state index in [2.05, 4.69) is 0 Å². The largest absolute Gasteiger partial charge is 0.480 e. The highest BCUT2D eigenvalue weighted by molar-refractivity contribution is 5.92. The van der Waals surface area contributed by atoms with Crippen LogP contribution in [0, 0.1) is 17.5 Å². The summed E-state index contributed by atoms with van der Waals surface area (Å²) in [4.78, 5) is 21.8. The lowest BCUT2D eigenvalue weighted by Crippen LogP contribution is -2.45. The highest BCUT2D eigenvalue weighted by Crippen LogP contribution is 2.19. The molecule has 0 saturated carbocycles. The number of carboxylic acids is 1. The number of carbonyl (C=O) groups is 2. The van der Waals surface area contributed by atoms with Gasteiger partial charge in [0.25, 0.3) is 0 Å². The maximum atomic E-state index is 13.2. The van der Waals surface area contributed by atoms with Crippen LogP contribution in [0.3, 0.4) is 0 Å². The predicted molar refractivity (Wildman–Crippen MR) is 57.0 cm³/mol. The minimum atomic E-state index is -1.77. The van der Waals surface area contributed by atoms with Crippen molar-refractivity contribution < 1.29 is 33.0 Å². The molecule has 0 bridgehead atoms. The molecule has 0 aromatic heterocycles. The Labute approximate surface area is 104 Å². The van der Waals surface area contributed by atoms with E-state index in [-0.39, 0.29) is 0 Å². The van der Waals surface area contributed by atoms with Crippen LogP contribution in [0.2, 0.25) is 0 Å². The van der Waals surface area contributed by atoms with Crippen molar-refractivity contribution >= 4 is 17.7 Å². The molecule has 9 heteroatoms. The number of amides is 2. The quantitative estimate of drug-likeness (QED) is 0.608.